The molecule has 21 heavy (non-hydrogen) atoms. The molecule has 1 aromatic rings. The van der Waals surface area contributed by atoms with Gasteiger partial charge in [0.15, 0.2) is 0 Å². The molecular formula is C16H23N3OS. The van der Waals surface area contributed by atoms with Gasteiger partial charge in [-0.1, -0.05) is 0 Å². The van der Waals surface area contributed by atoms with E-state index < -0.39 is 0 Å². The molecule has 0 saturated carbocycles. The van der Waals surface area contributed by atoms with E-state index in [4.69, 9.17) is 0 Å². The highest BCUT2D eigenvalue weighted by molar-refractivity contribution is 7.99. The SMILES string of the molecule is O=C(c1cccnc1SC1CCNCC1)N1CCCCC1. The highest BCUT2D eigenvalue weighted by Gasteiger charge is 2.23. The van der Waals surface area contributed by atoms with Gasteiger partial charge < -0.3 is 10.2 Å². The molecule has 5 heteroatoms. The number of nitrogens with one attached hydrogen (secondary N) is 1. The number of thioether (sulfide) groups is 1. The standard InChI is InChI=1S/C16H23N3OS/c20-16(19-11-2-1-3-12-19)14-5-4-8-18-15(14)21-13-6-9-17-10-7-13/h4-5,8,13,17H,1-3,6-7,9-12H2. The van der Waals surface area contributed by atoms with Crippen LogP contribution < -0.4 is 5.32 Å². The number of carbonyl (C=O) groups is 1. The van der Waals surface area contributed by atoms with Crippen LogP contribution >= 0.6 is 11.8 Å². The van der Waals surface area contributed by atoms with Crippen LogP contribution in [0.3, 0.4) is 0 Å². The van der Waals surface area contributed by atoms with Crippen molar-refractivity contribution in [1.82, 2.24) is 15.2 Å². The van der Waals surface area contributed by atoms with E-state index in [1.54, 1.807) is 18.0 Å². The number of hydrogen-bond donors (Lipinski definition) is 1. The molecule has 0 radical (unpaired) electrons. The van der Waals surface area contributed by atoms with Gasteiger partial charge in [-0.2, -0.15) is 0 Å². The Morgan fingerprint density at radius 2 is 2.00 bits per heavy atom. The van der Waals surface area contributed by atoms with Gasteiger partial charge in [0.25, 0.3) is 5.91 Å². The van der Waals surface area contributed by atoms with Crippen molar-refractivity contribution < 1.29 is 4.79 Å². The van der Waals surface area contributed by atoms with Crippen LogP contribution in [0.2, 0.25) is 0 Å². The van der Waals surface area contributed by atoms with E-state index in [1.165, 1.54) is 6.42 Å². The minimum Gasteiger partial charge on any atom is -0.339 e. The van der Waals surface area contributed by atoms with Crippen LogP contribution in [-0.2, 0) is 0 Å². The number of nitrogens with zero attached hydrogens (tertiary/aromatic N) is 2. The van der Waals surface area contributed by atoms with Gasteiger partial charge >= 0.3 is 0 Å². The number of carbonyl (C=O) groups excluding carboxylic acids is 1. The van der Waals surface area contributed by atoms with Crippen LogP contribution in [0.1, 0.15) is 42.5 Å². The van der Waals surface area contributed by atoms with Crippen molar-refractivity contribution in [3.05, 3.63) is 23.9 Å². The van der Waals surface area contributed by atoms with Crippen molar-refractivity contribution in [2.45, 2.75) is 42.4 Å². The fourth-order valence-corrected chi connectivity index (χ4v) is 4.18. The van der Waals surface area contributed by atoms with Crippen LogP contribution in [0.5, 0.6) is 0 Å². The van der Waals surface area contributed by atoms with E-state index in [-0.39, 0.29) is 5.91 Å². The van der Waals surface area contributed by atoms with Crippen molar-refractivity contribution in [3.8, 4) is 0 Å². The monoisotopic (exact) mass is 305 g/mol. The van der Waals surface area contributed by atoms with Crippen LogP contribution in [0.15, 0.2) is 23.4 Å². The molecule has 4 nitrogen and oxygen atoms in total. The minimum atomic E-state index is 0.166. The molecule has 3 heterocycles. The van der Waals surface area contributed by atoms with Crippen LogP contribution in [0, 0.1) is 0 Å². The lowest BCUT2D eigenvalue weighted by atomic mass is 10.1. The molecular weight excluding hydrogens is 282 g/mol. The number of rotatable bonds is 3. The molecule has 2 aliphatic rings. The quantitative estimate of drug-likeness (QED) is 0.932. The molecule has 0 bridgehead atoms. The van der Waals surface area contributed by atoms with Gasteiger partial charge in [0.05, 0.1) is 5.56 Å². The molecule has 0 aromatic carbocycles. The molecule has 1 aromatic heterocycles. The average molecular weight is 305 g/mol. The Hall–Kier alpha value is -1.07. The number of piperidine rings is 2. The first-order valence-corrected chi connectivity index (χ1v) is 8.84. The van der Waals surface area contributed by atoms with Crippen LogP contribution in [-0.4, -0.2) is 47.2 Å². The fourth-order valence-electron chi connectivity index (χ4n) is 2.99. The lowest BCUT2D eigenvalue weighted by molar-refractivity contribution is 0.0720. The van der Waals surface area contributed by atoms with Crippen molar-refractivity contribution in [1.29, 1.82) is 0 Å². The highest BCUT2D eigenvalue weighted by Crippen LogP contribution is 2.30. The zero-order valence-electron chi connectivity index (χ0n) is 12.4. The van der Waals surface area contributed by atoms with E-state index >= 15 is 0 Å². The largest absolute Gasteiger partial charge is 0.339 e. The molecule has 2 fully saturated rings. The first-order valence-electron chi connectivity index (χ1n) is 7.96. The second-order valence-electron chi connectivity index (χ2n) is 5.78. The highest BCUT2D eigenvalue weighted by atomic mass is 32.2. The number of likely N-dealkylation sites (tertiary alicyclic amines) is 1. The maximum atomic E-state index is 12.7. The van der Waals surface area contributed by atoms with Crippen molar-refractivity contribution in [2.75, 3.05) is 26.2 Å². The normalized spacial score (nSPS) is 20.5. The third-order valence-electron chi connectivity index (χ3n) is 4.21. The summed E-state index contributed by atoms with van der Waals surface area (Å²) >= 11 is 1.78. The van der Waals surface area contributed by atoms with Gasteiger partial charge in [0, 0.05) is 24.5 Å². The summed E-state index contributed by atoms with van der Waals surface area (Å²) in [6.07, 6.45) is 7.60. The second kappa shape index (κ2) is 7.27. The fraction of sp³-hybridized carbons (Fsp3) is 0.625. The number of aromatic nitrogens is 1. The van der Waals surface area contributed by atoms with Crippen molar-refractivity contribution >= 4 is 17.7 Å². The molecule has 2 saturated heterocycles. The van der Waals surface area contributed by atoms with Crippen LogP contribution in [0.4, 0.5) is 0 Å². The summed E-state index contributed by atoms with van der Waals surface area (Å²) in [7, 11) is 0. The maximum Gasteiger partial charge on any atom is 0.256 e. The zero-order chi connectivity index (χ0) is 14.5. The van der Waals surface area contributed by atoms with E-state index in [0.29, 0.717) is 5.25 Å². The Balaban J connectivity index is 1.73. The number of pyridine rings is 1. The van der Waals surface area contributed by atoms with Gasteiger partial charge in [-0.25, -0.2) is 4.98 Å². The zero-order valence-corrected chi connectivity index (χ0v) is 13.2. The lowest BCUT2D eigenvalue weighted by Crippen LogP contribution is -2.36. The number of amides is 1. The van der Waals surface area contributed by atoms with E-state index in [0.717, 1.165) is 62.5 Å². The maximum absolute atomic E-state index is 12.7. The van der Waals surface area contributed by atoms with E-state index in [2.05, 4.69) is 10.3 Å². The average Bonchev–Trinajstić information content (AvgIpc) is 2.56. The van der Waals surface area contributed by atoms with E-state index in [9.17, 15) is 4.79 Å². The summed E-state index contributed by atoms with van der Waals surface area (Å²) in [4.78, 5) is 19.2. The summed E-state index contributed by atoms with van der Waals surface area (Å²) in [5.41, 5.74) is 0.794. The Morgan fingerprint density at radius 1 is 1.24 bits per heavy atom. The van der Waals surface area contributed by atoms with E-state index in [1.807, 2.05) is 17.0 Å². The second-order valence-corrected chi connectivity index (χ2v) is 7.07. The Labute approximate surface area is 130 Å². The molecule has 1 N–H and O–H groups in total. The first-order chi connectivity index (χ1) is 10.3. The molecule has 0 spiro atoms. The van der Waals surface area contributed by atoms with Gasteiger partial charge in [-0.3, -0.25) is 4.79 Å². The Morgan fingerprint density at radius 3 is 2.76 bits per heavy atom. The predicted octanol–water partition coefficient (Wildman–Crippen LogP) is 2.55. The summed E-state index contributed by atoms with van der Waals surface area (Å²) in [5.74, 6) is 0.166. The lowest BCUT2D eigenvalue weighted by Gasteiger charge is -2.28. The molecule has 114 valence electrons. The molecule has 1 amide bonds. The Bertz CT molecular complexity index is 482. The third kappa shape index (κ3) is 3.77. The minimum absolute atomic E-state index is 0.166. The van der Waals surface area contributed by atoms with Crippen molar-refractivity contribution in [2.24, 2.45) is 0 Å². The third-order valence-corrected chi connectivity index (χ3v) is 5.56. The topological polar surface area (TPSA) is 45.2 Å². The number of hydrogen-bond acceptors (Lipinski definition) is 4. The summed E-state index contributed by atoms with van der Waals surface area (Å²) in [6.45, 7) is 3.93. The van der Waals surface area contributed by atoms with Gasteiger partial charge in [0.1, 0.15) is 5.03 Å². The van der Waals surface area contributed by atoms with Crippen molar-refractivity contribution in [3.63, 3.8) is 0 Å². The van der Waals surface area contributed by atoms with Crippen LogP contribution in [0.25, 0.3) is 0 Å². The summed E-state index contributed by atoms with van der Waals surface area (Å²) < 4.78 is 0. The summed E-state index contributed by atoms with van der Waals surface area (Å²) in [5, 5.41) is 4.88. The molecule has 0 unspecified atom stereocenters. The van der Waals surface area contributed by atoms with Gasteiger partial charge in [0.2, 0.25) is 0 Å². The van der Waals surface area contributed by atoms with Gasteiger partial charge in [-0.15, -0.1) is 11.8 Å². The molecule has 3 rings (SSSR count). The predicted molar refractivity (Wildman–Crippen MR) is 85.7 cm³/mol. The molecule has 2 aliphatic heterocycles. The van der Waals surface area contributed by atoms with Gasteiger partial charge in [-0.05, 0) is 57.3 Å². The smallest absolute Gasteiger partial charge is 0.256 e. The molecule has 0 atom stereocenters. The summed E-state index contributed by atoms with van der Waals surface area (Å²) in [6, 6.07) is 3.82. The molecule has 0 aliphatic carbocycles. The Kier molecular flexibility index (Phi) is 5.14. The first kappa shape index (κ1) is 14.9.